The molecule has 3 N–H and O–H groups in total. The van der Waals surface area contributed by atoms with Crippen LogP contribution in [-0.2, 0) is 5.41 Å². The van der Waals surface area contributed by atoms with Crippen molar-refractivity contribution in [3.05, 3.63) is 48.0 Å². The second-order valence-corrected chi connectivity index (χ2v) is 5.16. The Hall–Kier alpha value is -2.03. The summed E-state index contributed by atoms with van der Waals surface area (Å²) < 4.78 is 0. The van der Waals surface area contributed by atoms with Crippen LogP contribution in [0, 0.1) is 0 Å². The topological polar surface area (TPSA) is 55.1 Å². The van der Waals surface area contributed by atoms with E-state index < -0.39 is 6.03 Å². The third kappa shape index (κ3) is 2.62. The first-order chi connectivity index (χ1) is 8.49. The number of hydrogen-bond donors (Lipinski definition) is 2. The largest absolute Gasteiger partial charge is 0.352 e. The number of primary amides is 1. The first-order valence-corrected chi connectivity index (χ1v) is 6.02. The fraction of sp³-hybridized carbons (Fsp3) is 0.267. The first kappa shape index (κ1) is 12.4. The van der Waals surface area contributed by atoms with Gasteiger partial charge in [0.2, 0.25) is 0 Å². The molecule has 0 spiro atoms. The summed E-state index contributed by atoms with van der Waals surface area (Å²) in [4.78, 5) is 10.8. The maximum Gasteiger partial charge on any atom is 0.312 e. The van der Waals surface area contributed by atoms with Crippen LogP contribution in [0.25, 0.3) is 10.8 Å². The Bertz CT molecular complexity index is 575. The number of carbonyl (C=O) groups excluding carboxylic acids is 1. The van der Waals surface area contributed by atoms with Gasteiger partial charge in [-0.1, -0.05) is 56.3 Å². The summed E-state index contributed by atoms with van der Waals surface area (Å²) in [6.45, 7) is 4.71. The molecular weight excluding hydrogens is 224 g/mol. The highest BCUT2D eigenvalue weighted by molar-refractivity contribution is 5.83. The predicted molar refractivity (Wildman–Crippen MR) is 74.6 cm³/mol. The minimum Gasteiger partial charge on any atom is -0.352 e. The molecule has 0 aliphatic heterocycles. The van der Waals surface area contributed by atoms with Crippen LogP contribution >= 0.6 is 0 Å². The molecule has 0 aliphatic carbocycles. The normalized spacial score (nSPS) is 11.4. The summed E-state index contributed by atoms with van der Waals surface area (Å²) in [5.74, 6) is 0. The molecule has 0 bridgehead atoms. The van der Waals surface area contributed by atoms with E-state index in [1.807, 2.05) is 12.1 Å². The van der Waals surface area contributed by atoms with E-state index in [-0.39, 0.29) is 5.41 Å². The van der Waals surface area contributed by atoms with E-state index in [0.717, 1.165) is 0 Å². The molecule has 0 unspecified atom stereocenters. The summed E-state index contributed by atoms with van der Waals surface area (Å²) in [5, 5.41) is 5.10. The van der Waals surface area contributed by atoms with Crippen LogP contribution in [-0.4, -0.2) is 12.6 Å². The van der Waals surface area contributed by atoms with Gasteiger partial charge in [-0.2, -0.15) is 0 Å². The zero-order valence-corrected chi connectivity index (χ0v) is 10.7. The molecule has 0 atom stereocenters. The Labute approximate surface area is 107 Å². The number of amides is 2. The number of rotatable bonds is 3. The van der Waals surface area contributed by atoms with Crippen molar-refractivity contribution in [2.45, 2.75) is 19.3 Å². The standard InChI is InChI=1S/C15H18N2O/c1-15(2,10-17-14(16)18)13-8-7-11-5-3-4-6-12(11)9-13/h3-9H,10H2,1-2H3,(H3,16,17,18). The quantitative estimate of drug-likeness (QED) is 0.854. The Balaban J connectivity index is 2.32. The maximum absolute atomic E-state index is 10.8. The molecule has 3 heteroatoms. The highest BCUT2D eigenvalue weighted by atomic mass is 16.2. The smallest absolute Gasteiger partial charge is 0.312 e. The molecule has 0 aromatic heterocycles. The third-order valence-electron chi connectivity index (χ3n) is 3.24. The van der Waals surface area contributed by atoms with Gasteiger partial charge in [-0.15, -0.1) is 0 Å². The molecule has 2 aromatic carbocycles. The van der Waals surface area contributed by atoms with Gasteiger partial charge >= 0.3 is 6.03 Å². The van der Waals surface area contributed by atoms with Gasteiger partial charge in [0.15, 0.2) is 0 Å². The molecule has 0 radical (unpaired) electrons. The average molecular weight is 242 g/mol. The lowest BCUT2D eigenvalue weighted by Gasteiger charge is -2.25. The lowest BCUT2D eigenvalue weighted by Crippen LogP contribution is -2.39. The molecule has 0 saturated carbocycles. The number of carbonyl (C=O) groups is 1. The average Bonchev–Trinajstić information content (AvgIpc) is 2.36. The molecule has 0 aliphatic rings. The molecule has 0 saturated heterocycles. The Morgan fingerprint density at radius 1 is 1.17 bits per heavy atom. The van der Waals surface area contributed by atoms with Crippen LogP contribution in [0.4, 0.5) is 4.79 Å². The minimum absolute atomic E-state index is 0.140. The zero-order valence-electron chi connectivity index (χ0n) is 10.7. The molecule has 2 amide bonds. The van der Waals surface area contributed by atoms with Crippen molar-refractivity contribution in [2.24, 2.45) is 5.73 Å². The lowest BCUT2D eigenvalue weighted by molar-refractivity contribution is 0.246. The van der Waals surface area contributed by atoms with Crippen molar-refractivity contribution >= 4 is 16.8 Å². The highest BCUT2D eigenvalue weighted by Gasteiger charge is 2.21. The van der Waals surface area contributed by atoms with E-state index in [0.29, 0.717) is 6.54 Å². The Morgan fingerprint density at radius 3 is 2.50 bits per heavy atom. The molecule has 0 fully saturated rings. The van der Waals surface area contributed by atoms with Gasteiger partial charge in [-0.3, -0.25) is 0 Å². The minimum atomic E-state index is -0.483. The van der Waals surface area contributed by atoms with Crippen LogP contribution in [0.15, 0.2) is 42.5 Å². The van der Waals surface area contributed by atoms with Gasteiger partial charge in [0.25, 0.3) is 0 Å². The van der Waals surface area contributed by atoms with Crippen molar-refractivity contribution in [3.8, 4) is 0 Å². The summed E-state index contributed by atoms with van der Waals surface area (Å²) in [5.41, 5.74) is 6.17. The first-order valence-electron chi connectivity index (χ1n) is 6.02. The molecule has 2 aromatic rings. The van der Waals surface area contributed by atoms with Gasteiger partial charge in [-0.25, -0.2) is 4.79 Å². The molecule has 0 heterocycles. The van der Waals surface area contributed by atoms with Crippen molar-refractivity contribution in [3.63, 3.8) is 0 Å². The van der Waals surface area contributed by atoms with Gasteiger partial charge in [0.1, 0.15) is 0 Å². The fourth-order valence-electron chi connectivity index (χ4n) is 2.02. The third-order valence-corrected chi connectivity index (χ3v) is 3.24. The van der Waals surface area contributed by atoms with Crippen molar-refractivity contribution in [1.29, 1.82) is 0 Å². The number of benzene rings is 2. The number of fused-ring (bicyclic) bond motifs is 1. The Kier molecular flexibility index (Phi) is 3.24. The number of hydrogen-bond acceptors (Lipinski definition) is 1. The van der Waals surface area contributed by atoms with E-state index in [1.54, 1.807) is 0 Å². The highest BCUT2D eigenvalue weighted by Crippen LogP contribution is 2.26. The van der Waals surface area contributed by atoms with Crippen LogP contribution < -0.4 is 11.1 Å². The lowest BCUT2D eigenvalue weighted by atomic mass is 9.83. The van der Waals surface area contributed by atoms with Crippen LogP contribution in [0.2, 0.25) is 0 Å². The monoisotopic (exact) mass is 242 g/mol. The zero-order chi connectivity index (χ0) is 13.2. The van der Waals surface area contributed by atoms with Crippen LogP contribution in [0.1, 0.15) is 19.4 Å². The van der Waals surface area contributed by atoms with E-state index in [2.05, 4.69) is 49.5 Å². The van der Waals surface area contributed by atoms with Crippen molar-refractivity contribution in [1.82, 2.24) is 5.32 Å². The molecule has 18 heavy (non-hydrogen) atoms. The van der Waals surface area contributed by atoms with Gasteiger partial charge in [0, 0.05) is 12.0 Å². The molecule has 94 valence electrons. The van der Waals surface area contributed by atoms with Gasteiger partial charge < -0.3 is 11.1 Å². The van der Waals surface area contributed by atoms with Gasteiger partial charge in [0.05, 0.1) is 0 Å². The van der Waals surface area contributed by atoms with E-state index >= 15 is 0 Å². The maximum atomic E-state index is 10.8. The summed E-state index contributed by atoms with van der Waals surface area (Å²) in [6.07, 6.45) is 0. The number of nitrogens with one attached hydrogen (secondary N) is 1. The van der Waals surface area contributed by atoms with E-state index in [1.165, 1.54) is 16.3 Å². The second-order valence-electron chi connectivity index (χ2n) is 5.16. The number of nitrogens with two attached hydrogens (primary N) is 1. The van der Waals surface area contributed by atoms with E-state index in [9.17, 15) is 4.79 Å². The van der Waals surface area contributed by atoms with Crippen LogP contribution in [0.3, 0.4) is 0 Å². The summed E-state index contributed by atoms with van der Waals surface area (Å²) >= 11 is 0. The van der Waals surface area contributed by atoms with Gasteiger partial charge in [-0.05, 0) is 16.3 Å². The van der Waals surface area contributed by atoms with Crippen LogP contribution in [0.5, 0.6) is 0 Å². The van der Waals surface area contributed by atoms with Crippen molar-refractivity contribution in [2.75, 3.05) is 6.54 Å². The number of urea groups is 1. The second kappa shape index (κ2) is 4.69. The summed E-state index contributed by atoms with van der Waals surface area (Å²) in [6, 6.07) is 14.1. The SMILES string of the molecule is CC(C)(CNC(N)=O)c1ccc2ccccc2c1. The summed E-state index contributed by atoms with van der Waals surface area (Å²) in [7, 11) is 0. The van der Waals surface area contributed by atoms with Crippen molar-refractivity contribution < 1.29 is 4.79 Å². The molecular formula is C15H18N2O. The predicted octanol–water partition coefficient (Wildman–Crippen LogP) is 2.79. The Morgan fingerprint density at radius 2 is 1.83 bits per heavy atom. The fourth-order valence-corrected chi connectivity index (χ4v) is 2.02. The molecule has 2 rings (SSSR count). The molecule has 3 nitrogen and oxygen atoms in total. The van der Waals surface area contributed by atoms with E-state index in [4.69, 9.17) is 5.73 Å².